The van der Waals surface area contributed by atoms with Gasteiger partial charge in [0.15, 0.2) is 11.5 Å². The molecule has 0 amide bonds. The summed E-state index contributed by atoms with van der Waals surface area (Å²) < 4.78 is 10.5. The van der Waals surface area contributed by atoms with Crippen LogP contribution >= 0.6 is 11.8 Å². The van der Waals surface area contributed by atoms with Crippen LogP contribution in [-0.2, 0) is 10.5 Å². The lowest BCUT2D eigenvalue weighted by Gasteiger charge is -2.14. The van der Waals surface area contributed by atoms with Gasteiger partial charge in [0.05, 0.1) is 20.6 Å². The molecule has 4 nitrogen and oxygen atoms in total. The van der Waals surface area contributed by atoms with Crippen LogP contribution in [0.4, 0.5) is 0 Å². The summed E-state index contributed by atoms with van der Waals surface area (Å²) in [5, 5.41) is 8.82. The number of rotatable bonds is 7. The largest absolute Gasteiger partial charge is 0.493 e. The van der Waals surface area contributed by atoms with Gasteiger partial charge in [0.25, 0.3) is 0 Å². The fraction of sp³-hybridized carbons (Fsp3) is 0.500. The Balaban J connectivity index is 2.75. The molecule has 0 heterocycles. The van der Waals surface area contributed by atoms with Crippen LogP contribution < -0.4 is 9.47 Å². The lowest BCUT2D eigenvalue weighted by atomic mass is 10.1. The molecular weight excluding hydrogens is 264 g/mol. The Morgan fingerprint density at radius 2 is 1.89 bits per heavy atom. The molecule has 1 rings (SSSR count). The normalized spacial score (nSPS) is 12.0. The molecule has 1 unspecified atom stereocenters. The molecule has 0 saturated heterocycles. The molecule has 0 aliphatic carbocycles. The van der Waals surface area contributed by atoms with Crippen LogP contribution in [0.3, 0.4) is 0 Å². The highest BCUT2D eigenvalue weighted by Crippen LogP contribution is 2.32. The van der Waals surface area contributed by atoms with E-state index in [2.05, 4.69) is 0 Å². The fourth-order valence-electron chi connectivity index (χ4n) is 1.72. The Kier molecular flexibility index (Phi) is 6.02. The third kappa shape index (κ3) is 4.67. The molecule has 0 saturated carbocycles. The van der Waals surface area contributed by atoms with Gasteiger partial charge in [0.2, 0.25) is 0 Å². The number of hydrogen-bond acceptors (Lipinski definition) is 4. The molecule has 0 spiro atoms. The van der Waals surface area contributed by atoms with E-state index in [1.54, 1.807) is 26.0 Å². The van der Waals surface area contributed by atoms with Gasteiger partial charge in [0, 0.05) is 11.0 Å². The first kappa shape index (κ1) is 15.7. The Morgan fingerprint density at radius 1 is 1.32 bits per heavy atom. The molecule has 1 aromatic carbocycles. The smallest absolute Gasteiger partial charge is 0.304 e. The molecule has 1 aromatic rings. The van der Waals surface area contributed by atoms with Crippen LogP contribution in [-0.4, -0.2) is 30.5 Å². The summed E-state index contributed by atoms with van der Waals surface area (Å²) in [6, 6.07) is 3.89. The van der Waals surface area contributed by atoms with Crippen molar-refractivity contribution in [3.8, 4) is 11.5 Å². The number of ether oxygens (including phenoxy) is 2. The number of thioether (sulfide) groups is 1. The molecule has 5 heteroatoms. The van der Waals surface area contributed by atoms with E-state index in [0.717, 1.165) is 16.9 Å². The van der Waals surface area contributed by atoms with Crippen molar-refractivity contribution in [1.29, 1.82) is 0 Å². The lowest BCUT2D eigenvalue weighted by Crippen LogP contribution is -2.06. The molecular formula is C14H20O4S. The third-order valence-electron chi connectivity index (χ3n) is 2.83. The first-order chi connectivity index (χ1) is 8.97. The molecule has 106 valence electrons. The van der Waals surface area contributed by atoms with E-state index in [1.165, 1.54) is 0 Å². The molecule has 0 aliphatic heterocycles. The van der Waals surface area contributed by atoms with Crippen molar-refractivity contribution >= 4 is 17.7 Å². The van der Waals surface area contributed by atoms with Crippen LogP contribution in [0.15, 0.2) is 12.1 Å². The van der Waals surface area contributed by atoms with Gasteiger partial charge < -0.3 is 14.6 Å². The first-order valence-corrected chi connectivity index (χ1v) is 7.07. The van der Waals surface area contributed by atoms with Gasteiger partial charge in [-0.3, -0.25) is 4.79 Å². The number of methoxy groups -OCH3 is 2. The predicted octanol–water partition coefficient (Wildman–Crippen LogP) is 3.11. The Bertz CT molecular complexity index is 445. The Morgan fingerprint density at radius 3 is 2.42 bits per heavy atom. The van der Waals surface area contributed by atoms with E-state index in [-0.39, 0.29) is 11.7 Å². The zero-order valence-corrected chi connectivity index (χ0v) is 12.5. The maximum absolute atomic E-state index is 10.6. The summed E-state index contributed by atoms with van der Waals surface area (Å²) in [4.78, 5) is 10.6. The minimum atomic E-state index is -0.760. The van der Waals surface area contributed by atoms with Crippen LogP contribution in [0, 0.1) is 6.92 Å². The van der Waals surface area contributed by atoms with Gasteiger partial charge in [-0.2, -0.15) is 11.8 Å². The van der Waals surface area contributed by atoms with Crippen molar-refractivity contribution in [2.75, 3.05) is 14.2 Å². The van der Waals surface area contributed by atoms with Crippen LogP contribution in [0.1, 0.15) is 24.5 Å². The van der Waals surface area contributed by atoms with E-state index in [0.29, 0.717) is 11.5 Å². The summed E-state index contributed by atoms with van der Waals surface area (Å²) in [7, 11) is 3.22. The van der Waals surface area contributed by atoms with Crippen LogP contribution in [0.2, 0.25) is 0 Å². The van der Waals surface area contributed by atoms with E-state index in [1.807, 2.05) is 26.0 Å². The number of benzene rings is 1. The maximum atomic E-state index is 10.6. The average molecular weight is 284 g/mol. The summed E-state index contributed by atoms with van der Waals surface area (Å²) in [6.45, 7) is 3.94. The van der Waals surface area contributed by atoms with Crippen molar-refractivity contribution < 1.29 is 19.4 Å². The predicted molar refractivity (Wildman–Crippen MR) is 77.3 cm³/mol. The molecule has 0 aromatic heterocycles. The molecule has 0 fully saturated rings. The van der Waals surface area contributed by atoms with Gasteiger partial charge in [-0.15, -0.1) is 0 Å². The minimum Gasteiger partial charge on any atom is -0.493 e. The molecule has 1 N–H and O–H groups in total. The second-order valence-corrected chi connectivity index (χ2v) is 5.78. The van der Waals surface area contributed by atoms with Crippen molar-refractivity contribution in [3.05, 3.63) is 23.3 Å². The SMILES string of the molecule is COc1cc(C)c(CSC(C)CC(=O)O)cc1OC. The molecule has 0 bridgehead atoms. The monoisotopic (exact) mass is 284 g/mol. The third-order valence-corrected chi connectivity index (χ3v) is 4.04. The van der Waals surface area contributed by atoms with E-state index >= 15 is 0 Å². The summed E-state index contributed by atoms with van der Waals surface area (Å²) >= 11 is 1.63. The molecule has 19 heavy (non-hydrogen) atoms. The maximum Gasteiger partial charge on any atom is 0.304 e. The standard InChI is InChI=1S/C14H20O4S/c1-9-5-12(17-3)13(18-4)7-11(9)8-19-10(2)6-14(15)16/h5,7,10H,6,8H2,1-4H3,(H,15,16). The Labute approximate surface area is 118 Å². The summed E-state index contributed by atoms with van der Waals surface area (Å²) in [5.74, 6) is 1.42. The molecule has 1 atom stereocenters. The quantitative estimate of drug-likeness (QED) is 0.833. The van der Waals surface area contributed by atoms with E-state index < -0.39 is 5.97 Å². The Hall–Kier alpha value is -1.36. The number of carboxylic acids is 1. The zero-order valence-electron chi connectivity index (χ0n) is 11.7. The van der Waals surface area contributed by atoms with Crippen molar-refractivity contribution in [2.45, 2.75) is 31.3 Å². The summed E-state index contributed by atoms with van der Waals surface area (Å²) in [6.07, 6.45) is 0.178. The first-order valence-electron chi connectivity index (χ1n) is 6.02. The zero-order chi connectivity index (χ0) is 14.4. The van der Waals surface area contributed by atoms with Gasteiger partial charge in [-0.05, 0) is 30.2 Å². The average Bonchev–Trinajstić information content (AvgIpc) is 2.36. The highest BCUT2D eigenvalue weighted by Gasteiger charge is 2.12. The van der Waals surface area contributed by atoms with Crippen LogP contribution in [0.25, 0.3) is 0 Å². The summed E-state index contributed by atoms with van der Waals surface area (Å²) in [5.41, 5.74) is 2.26. The highest BCUT2D eigenvalue weighted by molar-refractivity contribution is 7.99. The second kappa shape index (κ2) is 7.28. The van der Waals surface area contributed by atoms with Crippen molar-refractivity contribution in [1.82, 2.24) is 0 Å². The topological polar surface area (TPSA) is 55.8 Å². The van der Waals surface area contributed by atoms with Gasteiger partial charge in [-0.25, -0.2) is 0 Å². The van der Waals surface area contributed by atoms with E-state index in [4.69, 9.17) is 14.6 Å². The number of aliphatic carboxylic acids is 1. The van der Waals surface area contributed by atoms with Crippen molar-refractivity contribution in [3.63, 3.8) is 0 Å². The van der Waals surface area contributed by atoms with Gasteiger partial charge >= 0.3 is 5.97 Å². The number of aryl methyl sites for hydroxylation is 1. The van der Waals surface area contributed by atoms with Gasteiger partial charge in [0.1, 0.15) is 0 Å². The van der Waals surface area contributed by atoms with Crippen molar-refractivity contribution in [2.24, 2.45) is 0 Å². The number of carboxylic acid groups (broad SMARTS) is 1. The lowest BCUT2D eigenvalue weighted by molar-refractivity contribution is -0.136. The minimum absolute atomic E-state index is 0.0880. The molecule has 0 radical (unpaired) electrons. The van der Waals surface area contributed by atoms with E-state index in [9.17, 15) is 4.79 Å². The number of hydrogen-bond donors (Lipinski definition) is 1. The highest BCUT2D eigenvalue weighted by atomic mass is 32.2. The number of carbonyl (C=O) groups is 1. The fourth-order valence-corrected chi connectivity index (χ4v) is 2.75. The van der Waals surface area contributed by atoms with Gasteiger partial charge in [-0.1, -0.05) is 6.92 Å². The van der Waals surface area contributed by atoms with Crippen LogP contribution in [0.5, 0.6) is 11.5 Å². The second-order valence-electron chi connectivity index (χ2n) is 4.35. The molecule has 0 aliphatic rings.